The minimum absolute atomic E-state index is 0.0994. The van der Waals surface area contributed by atoms with Gasteiger partial charge in [-0.3, -0.25) is 4.79 Å². The molecule has 32 heavy (non-hydrogen) atoms. The molecule has 0 spiro atoms. The second kappa shape index (κ2) is 10.3. The van der Waals surface area contributed by atoms with Gasteiger partial charge in [0.15, 0.2) is 0 Å². The lowest BCUT2D eigenvalue weighted by Gasteiger charge is -2.21. The van der Waals surface area contributed by atoms with Crippen molar-refractivity contribution >= 4 is 33.4 Å². The highest BCUT2D eigenvalue weighted by Crippen LogP contribution is 2.30. The summed E-state index contributed by atoms with van der Waals surface area (Å²) in [6.45, 7) is 5.58. The van der Waals surface area contributed by atoms with E-state index in [0.717, 1.165) is 21.6 Å². The van der Waals surface area contributed by atoms with Crippen LogP contribution in [0.5, 0.6) is 0 Å². The molecule has 0 bridgehead atoms. The number of rotatable bonds is 8. The third-order valence-corrected chi connectivity index (χ3v) is 7.30. The van der Waals surface area contributed by atoms with E-state index >= 15 is 0 Å². The SMILES string of the molecule is CSc1ccc(S(=O)(=O)N[C@@H](c2ccccc2)c2ccc(C)cc2)cc1NC(=O)C(C)C. The van der Waals surface area contributed by atoms with E-state index in [9.17, 15) is 13.2 Å². The molecule has 3 aromatic carbocycles. The summed E-state index contributed by atoms with van der Waals surface area (Å²) in [5.74, 6) is -0.378. The van der Waals surface area contributed by atoms with Gasteiger partial charge in [0.1, 0.15) is 0 Å². The van der Waals surface area contributed by atoms with Crippen LogP contribution in [0.2, 0.25) is 0 Å². The zero-order valence-electron chi connectivity index (χ0n) is 18.6. The molecular weight excluding hydrogens is 440 g/mol. The Bertz CT molecular complexity index is 1180. The summed E-state index contributed by atoms with van der Waals surface area (Å²) in [6.07, 6.45) is 1.88. The van der Waals surface area contributed by atoms with Crippen molar-refractivity contribution < 1.29 is 13.2 Å². The molecule has 0 heterocycles. The zero-order valence-corrected chi connectivity index (χ0v) is 20.3. The molecule has 0 radical (unpaired) electrons. The minimum Gasteiger partial charge on any atom is -0.325 e. The van der Waals surface area contributed by atoms with Gasteiger partial charge in [0.25, 0.3) is 0 Å². The van der Waals surface area contributed by atoms with E-state index in [2.05, 4.69) is 10.0 Å². The van der Waals surface area contributed by atoms with E-state index in [1.165, 1.54) is 17.8 Å². The fourth-order valence-corrected chi connectivity index (χ4v) is 4.96. The maximum absolute atomic E-state index is 13.4. The van der Waals surface area contributed by atoms with Gasteiger partial charge in [-0.25, -0.2) is 8.42 Å². The lowest BCUT2D eigenvalue weighted by Crippen LogP contribution is -2.29. The molecule has 0 saturated heterocycles. The van der Waals surface area contributed by atoms with Crippen LogP contribution in [0.4, 0.5) is 5.69 Å². The number of thioether (sulfide) groups is 1. The average molecular weight is 469 g/mol. The van der Waals surface area contributed by atoms with E-state index in [1.807, 2.05) is 67.8 Å². The highest BCUT2D eigenvalue weighted by molar-refractivity contribution is 7.98. The number of carbonyl (C=O) groups excluding carboxylic acids is 1. The predicted octanol–water partition coefficient (Wildman–Crippen LogP) is 5.38. The summed E-state index contributed by atoms with van der Waals surface area (Å²) in [5, 5.41) is 2.84. The molecule has 0 aliphatic heterocycles. The van der Waals surface area contributed by atoms with Gasteiger partial charge in [-0.1, -0.05) is 74.0 Å². The largest absolute Gasteiger partial charge is 0.325 e. The second-order valence-electron chi connectivity index (χ2n) is 7.88. The van der Waals surface area contributed by atoms with Crippen LogP contribution in [0.3, 0.4) is 0 Å². The third kappa shape index (κ3) is 5.79. The van der Waals surface area contributed by atoms with Gasteiger partial charge in [0.05, 0.1) is 16.6 Å². The number of benzene rings is 3. The van der Waals surface area contributed by atoms with Crippen LogP contribution >= 0.6 is 11.8 Å². The first-order valence-electron chi connectivity index (χ1n) is 10.3. The van der Waals surface area contributed by atoms with Crippen LogP contribution < -0.4 is 10.0 Å². The van der Waals surface area contributed by atoms with Crippen molar-refractivity contribution in [3.63, 3.8) is 0 Å². The third-order valence-electron chi connectivity index (χ3n) is 5.08. The zero-order chi connectivity index (χ0) is 23.3. The summed E-state index contributed by atoms with van der Waals surface area (Å²) in [5.41, 5.74) is 3.28. The van der Waals surface area contributed by atoms with E-state index in [4.69, 9.17) is 0 Å². The number of sulfonamides is 1. The number of hydrogen-bond acceptors (Lipinski definition) is 4. The summed E-state index contributed by atoms with van der Waals surface area (Å²) in [7, 11) is -3.88. The summed E-state index contributed by atoms with van der Waals surface area (Å²) >= 11 is 1.45. The number of amides is 1. The van der Waals surface area contributed by atoms with Crippen molar-refractivity contribution in [2.45, 2.75) is 36.6 Å². The first-order valence-corrected chi connectivity index (χ1v) is 13.0. The minimum atomic E-state index is -3.88. The van der Waals surface area contributed by atoms with E-state index in [-0.39, 0.29) is 16.7 Å². The Morgan fingerprint density at radius 3 is 2.12 bits per heavy atom. The Balaban J connectivity index is 1.99. The molecule has 5 nitrogen and oxygen atoms in total. The number of carbonyl (C=O) groups is 1. The van der Waals surface area contributed by atoms with Crippen LogP contribution in [0.15, 0.2) is 82.6 Å². The number of anilines is 1. The van der Waals surface area contributed by atoms with Crippen LogP contribution in [-0.4, -0.2) is 20.6 Å². The molecule has 0 saturated carbocycles. The smallest absolute Gasteiger partial charge is 0.241 e. The molecule has 0 aliphatic carbocycles. The highest BCUT2D eigenvalue weighted by atomic mass is 32.2. The molecule has 3 rings (SSSR count). The fraction of sp³-hybridized carbons (Fsp3) is 0.240. The van der Waals surface area contributed by atoms with Gasteiger partial charge in [-0.15, -0.1) is 11.8 Å². The molecule has 168 valence electrons. The van der Waals surface area contributed by atoms with E-state index in [1.54, 1.807) is 26.0 Å². The normalized spacial score (nSPS) is 12.5. The maximum atomic E-state index is 13.4. The first kappa shape index (κ1) is 24.0. The lowest BCUT2D eigenvalue weighted by atomic mass is 9.99. The highest BCUT2D eigenvalue weighted by Gasteiger charge is 2.24. The molecule has 1 amide bonds. The lowest BCUT2D eigenvalue weighted by molar-refractivity contribution is -0.118. The monoisotopic (exact) mass is 468 g/mol. The van der Waals surface area contributed by atoms with Crippen LogP contribution in [0.25, 0.3) is 0 Å². The van der Waals surface area contributed by atoms with Crippen LogP contribution in [0, 0.1) is 12.8 Å². The number of aryl methyl sites for hydroxylation is 1. The van der Waals surface area contributed by atoms with Crippen molar-refractivity contribution in [3.05, 3.63) is 89.5 Å². The summed E-state index contributed by atoms with van der Waals surface area (Å²) in [6, 6.07) is 21.5. The fourth-order valence-electron chi connectivity index (χ4n) is 3.19. The molecule has 7 heteroatoms. The second-order valence-corrected chi connectivity index (χ2v) is 10.4. The molecule has 0 unspecified atom stereocenters. The topological polar surface area (TPSA) is 75.3 Å². The van der Waals surface area contributed by atoms with Crippen molar-refractivity contribution in [1.82, 2.24) is 4.72 Å². The summed E-state index contributed by atoms with van der Waals surface area (Å²) < 4.78 is 29.6. The van der Waals surface area contributed by atoms with Gasteiger partial charge in [-0.05, 0) is 42.5 Å². The van der Waals surface area contributed by atoms with Crippen molar-refractivity contribution in [2.75, 3.05) is 11.6 Å². The Morgan fingerprint density at radius 2 is 1.53 bits per heavy atom. The molecular formula is C25H28N2O3S2. The van der Waals surface area contributed by atoms with Crippen molar-refractivity contribution in [2.24, 2.45) is 5.92 Å². The summed E-state index contributed by atoms with van der Waals surface area (Å²) in [4.78, 5) is 13.1. The van der Waals surface area contributed by atoms with E-state index in [0.29, 0.717) is 5.69 Å². The van der Waals surface area contributed by atoms with Crippen LogP contribution in [-0.2, 0) is 14.8 Å². The molecule has 0 fully saturated rings. The Morgan fingerprint density at radius 1 is 0.906 bits per heavy atom. The number of nitrogens with one attached hydrogen (secondary N) is 2. The Labute approximate surface area is 194 Å². The average Bonchev–Trinajstić information content (AvgIpc) is 2.78. The quantitative estimate of drug-likeness (QED) is 0.435. The van der Waals surface area contributed by atoms with Crippen LogP contribution in [0.1, 0.15) is 36.6 Å². The van der Waals surface area contributed by atoms with Gasteiger partial charge in [0.2, 0.25) is 15.9 Å². The molecule has 2 N–H and O–H groups in total. The maximum Gasteiger partial charge on any atom is 0.241 e. The Kier molecular flexibility index (Phi) is 7.77. The molecule has 0 aliphatic rings. The van der Waals surface area contributed by atoms with E-state index < -0.39 is 16.1 Å². The standard InChI is InChI=1S/C25H28N2O3S2/c1-17(2)25(28)26-22-16-21(14-15-23(22)31-4)32(29,30)27-24(19-8-6-5-7-9-19)20-12-10-18(3)11-13-20/h5-17,24,27H,1-4H3,(H,26,28)/t24-/m0/s1. The predicted molar refractivity (Wildman–Crippen MR) is 131 cm³/mol. The van der Waals surface area contributed by atoms with Crippen molar-refractivity contribution in [1.29, 1.82) is 0 Å². The van der Waals surface area contributed by atoms with Gasteiger partial charge >= 0.3 is 0 Å². The first-order chi connectivity index (χ1) is 15.2. The molecule has 3 aromatic rings. The Hall–Kier alpha value is -2.61. The van der Waals surface area contributed by atoms with Gasteiger partial charge in [0, 0.05) is 10.8 Å². The van der Waals surface area contributed by atoms with Gasteiger partial charge < -0.3 is 5.32 Å². The molecule has 1 atom stereocenters. The number of hydrogen-bond donors (Lipinski definition) is 2. The van der Waals surface area contributed by atoms with Gasteiger partial charge in [-0.2, -0.15) is 4.72 Å². The van der Waals surface area contributed by atoms with Crippen molar-refractivity contribution in [3.8, 4) is 0 Å². The molecule has 0 aromatic heterocycles.